The third kappa shape index (κ3) is 4.24. The van der Waals surface area contributed by atoms with Crippen molar-refractivity contribution < 1.29 is 22.4 Å². The maximum Gasteiger partial charge on any atom is 0.417 e. The second-order valence-corrected chi connectivity index (χ2v) is 9.46. The molecule has 0 unspecified atom stereocenters. The van der Waals surface area contributed by atoms with Crippen molar-refractivity contribution in [3.05, 3.63) is 66.1 Å². The van der Waals surface area contributed by atoms with Gasteiger partial charge in [0.25, 0.3) is 5.91 Å². The van der Waals surface area contributed by atoms with Gasteiger partial charge in [-0.15, -0.1) is 0 Å². The molecule has 0 bridgehead atoms. The van der Waals surface area contributed by atoms with Crippen molar-refractivity contribution in [3.8, 4) is 11.3 Å². The van der Waals surface area contributed by atoms with Gasteiger partial charge in [-0.3, -0.25) is 14.4 Å². The number of rotatable bonds is 4. The lowest BCUT2D eigenvalue weighted by Crippen LogP contribution is -2.56. The van der Waals surface area contributed by atoms with Crippen LogP contribution in [0.1, 0.15) is 34.8 Å². The summed E-state index contributed by atoms with van der Waals surface area (Å²) in [5.41, 5.74) is 0.357. The van der Waals surface area contributed by atoms with Crippen LogP contribution in [-0.4, -0.2) is 72.7 Å². The van der Waals surface area contributed by atoms with E-state index in [0.29, 0.717) is 12.8 Å². The van der Waals surface area contributed by atoms with E-state index in [1.165, 1.54) is 11.2 Å². The maximum absolute atomic E-state index is 14.3. The van der Waals surface area contributed by atoms with E-state index in [4.69, 9.17) is 0 Å². The summed E-state index contributed by atoms with van der Waals surface area (Å²) in [5, 5.41) is 5.46. The van der Waals surface area contributed by atoms with Crippen LogP contribution < -0.4 is 0 Å². The Morgan fingerprint density at radius 2 is 1.84 bits per heavy atom. The minimum Gasteiger partial charge on any atom is -0.346 e. The van der Waals surface area contributed by atoms with Crippen LogP contribution >= 0.6 is 0 Å². The van der Waals surface area contributed by atoms with Gasteiger partial charge in [-0.05, 0) is 31.0 Å². The number of nitrogens with one attached hydrogen (secondary N) is 1. The summed E-state index contributed by atoms with van der Waals surface area (Å²) in [4.78, 5) is 28.1. The molecule has 0 spiro atoms. The molecule has 8 nitrogen and oxygen atoms in total. The van der Waals surface area contributed by atoms with Gasteiger partial charge in [0, 0.05) is 55.6 Å². The molecule has 2 aliphatic rings. The van der Waals surface area contributed by atoms with Crippen molar-refractivity contribution in [2.24, 2.45) is 0 Å². The molecule has 4 aromatic rings. The van der Waals surface area contributed by atoms with Gasteiger partial charge in [-0.2, -0.15) is 18.3 Å². The van der Waals surface area contributed by atoms with Crippen molar-refractivity contribution in [3.63, 3.8) is 0 Å². The molecule has 12 heteroatoms. The van der Waals surface area contributed by atoms with Gasteiger partial charge in [0.15, 0.2) is 0 Å². The number of amides is 1. The Balaban J connectivity index is 1.07. The number of nitrogens with zero attached hydrogens (tertiary/aromatic N) is 6. The number of benzene rings is 1. The summed E-state index contributed by atoms with van der Waals surface area (Å²) in [7, 11) is 0. The highest BCUT2D eigenvalue weighted by molar-refractivity contribution is 5.96. The number of hydrogen-bond donors (Lipinski definition) is 1. The predicted octanol–water partition coefficient (Wildman–Crippen LogP) is 4.14. The summed E-state index contributed by atoms with van der Waals surface area (Å²) in [6.45, 7) is 2.13. The molecule has 0 aliphatic carbocycles. The van der Waals surface area contributed by atoms with E-state index < -0.39 is 29.0 Å². The van der Waals surface area contributed by atoms with E-state index in [1.54, 1.807) is 6.20 Å². The van der Waals surface area contributed by atoms with Crippen LogP contribution in [-0.2, 0) is 6.18 Å². The average molecular weight is 513 g/mol. The molecule has 2 saturated heterocycles. The first-order valence-corrected chi connectivity index (χ1v) is 12.0. The van der Waals surface area contributed by atoms with Crippen LogP contribution in [0.25, 0.3) is 22.3 Å². The number of likely N-dealkylation sites (tertiary alicyclic amines) is 2. The lowest BCUT2D eigenvalue weighted by Gasteiger charge is -2.47. The van der Waals surface area contributed by atoms with Crippen LogP contribution in [0.5, 0.6) is 0 Å². The molecule has 1 amide bonds. The highest BCUT2D eigenvalue weighted by atomic mass is 19.4. The second-order valence-electron chi connectivity index (χ2n) is 9.46. The van der Waals surface area contributed by atoms with Crippen LogP contribution in [0, 0.1) is 5.82 Å². The Hall–Kier alpha value is -3.80. The molecule has 192 valence electrons. The van der Waals surface area contributed by atoms with Gasteiger partial charge in [0.2, 0.25) is 0 Å². The minimum atomic E-state index is -4.80. The number of H-pyrrole nitrogens is 1. The lowest BCUT2D eigenvalue weighted by molar-refractivity contribution is -0.138. The SMILES string of the molecule is O=C(c1c(F)cccc1C(F)(F)F)N1CCC(N2CC(n3cc(-c4ncnc5[nH]ccc45)cn3)C2)CC1. The van der Waals surface area contributed by atoms with Crippen molar-refractivity contribution >= 4 is 16.9 Å². The van der Waals surface area contributed by atoms with E-state index in [0.717, 1.165) is 53.6 Å². The molecule has 1 N–H and O–H groups in total. The molecule has 0 saturated carbocycles. The summed E-state index contributed by atoms with van der Waals surface area (Å²) in [5.74, 6) is -2.05. The molecule has 2 aliphatic heterocycles. The quantitative estimate of drug-likeness (QED) is 0.415. The van der Waals surface area contributed by atoms with Gasteiger partial charge in [-0.1, -0.05) is 6.07 Å². The highest BCUT2D eigenvalue weighted by Crippen LogP contribution is 2.35. The highest BCUT2D eigenvalue weighted by Gasteiger charge is 2.40. The van der Waals surface area contributed by atoms with E-state index >= 15 is 0 Å². The Morgan fingerprint density at radius 1 is 1.05 bits per heavy atom. The number of alkyl halides is 3. The topological polar surface area (TPSA) is 82.9 Å². The Bertz CT molecular complexity index is 1450. The third-order valence-electron chi connectivity index (χ3n) is 7.29. The zero-order valence-electron chi connectivity index (χ0n) is 19.6. The van der Waals surface area contributed by atoms with Crippen LogP contribution in [0.2, 0.25) is 0 Å². The van der Waals surface area contributed by atoms with Gasteiger partial charge in [-0.25, -0.2) is 14.4 Å². The first-order valence-electron chi connectivity index (χ1n) is 12.0. The average Bonchev–Trinajstić information content (AvgIpc) is 3.52. The van der Waals surface area contributed by atoms with Crippen molar-refractivity contribution in [2.45, 2.75) is 31.1 Å². The van der Waals surface area contributed by atoms with E-state index in [9.17, 15) is 22.4 Å². The van der Waals surface area contributed by atoms with Gasteiger partial charge in [0.05, 0.1) is 29.1 Å². The monoisotopic (exact) mass is 513 g/mol. The number of piperidine rings is 1. The van der Waals surface area contributed by atoms with Crippen LogP contribution in [0.3, 0.4) is 0 Å². The fourth-order valence-corrected chi connectivity index (χ4v) is 5.29. The number of fused-ring (bicyclic) bond motifs is 1. The van der Waals surface area contributed by atoms with Gasteiger partial charge in [0.1, 0.15) is 17.8 Å². The van der Waals surface area contributed by atoms with Crippen molar-refractivity contribution in [2.75, 3.05) is 26.2 Å². The fourth-order valence-electron chi connectivity index (χ4n) is 5.29. The minimum absolute atomic E-state index is 0.199. The molecule has 6 rings (SSSR count). The van der Waals surface area contributed by atoms with Crippen LogP contribution in [0.4, 0.5) is 17.6 Å². The molecular formula is C25H23F4N7O. The standard InChI is InChI=1S/C25H23F4N7O/c26-20-3-1-2-19(25(27,28)29)21(20)24(37)34-8-5-16(6-9-34)35-12-17(13-35)36-11-15(10-33-36)22-18-4-7-30-23(18)32-14-31-22/h1-4,7,10-11,14,16-17H,5-6,8-9,12-13H2,(H,30,31,32). The molecular weight excluding hydrogens is 490 g/mol. The lowest BCUT2D eigenvalue weighted by atomic mass is 9.96. The molecule has 3 aromatic heterocycles. The molecule has 1 aromatic carbocycles. The zero-order chi connectivity index (χ0) is 25.7. The summed E-state index contributed by atoms with van der Waals surface area (Å²) in [6.07, 6.45) is 3.54. The Labute approximate surface area is 208 Å². The molecule has 0 radical (unpaired) electrons. The number of halogens is 4. The van der Waals surface area contributed by atoms with Gasteiger partial charge >= 0.3 is 6.18 Å². The van der Waals surface area contributed by atoms with Gasteiger partial charge < -0.3 is 9.88 Å². The Kier molecular flexibility index (Phi) is 5.70. The summed E-state index contributed by atoms with van der Waals surface area (Å²) < 4.78 is 56.2. The molecule has 5 heterocycles. The first-order chi connectivity index (χ1) is 17.8. The third-order valence-corrected chi connectivity index (χ3v) is 7.29. The number of aromatic amines is 1. The molecule has 2 fully saturated rings. The molecule has 0 atom stereocenters. The smallest absolute Gasteiger partial charge is 0.346 e. The second kappa shape index (κ2) is 8.94. The number of carbonyl (C=O) groups is 1. The molecule has 37 heavy (non-hydrogen) atoms. The predicted molar refractivity (Wildman–Crippen MR) is 126 cm³/mol. The maximum atomic E-state index is 14.3. The summed E-state index contributed by atoms with van der Waals surface area (Å²) >= 11 is 0. The van der Waals surface area contributed by atoms with Crippen LogP contribution in [0.15, 0.2) is 49.2 Å². The summed E-state index contributed by atoms with van der Waals surface area (Å²) in [6, 6.07) is 4.94. The van der Waals surface area contributed by atoms with Crippen molar-refractivity contribution in [1.82, 2.24) is 34.5 Å². The van der Waals surface area contributed by atoms with E-state index in [1.807, 2.05) is 23.1 Å². The van der Waals surface area contributed by atoms with E-state index in [2.05, 4.69) is 25.0 Å². The first kappa shape index (κ1) is 23.6. The largest absolute Gasteiger partial charge is 0.417 e. The van der Waals surface area contributed by atoms with Crippen molar-refractivity contribution in [1.29, 1.82) is 0 Å². The Morgan fingerprint density at radius 3 is 2.59 bits per heavy atom. The number of carbonyl (C=O) groups excluding carboxylic acids is 1. The normalized spacial score (nSPS) is 17.9. The zero-order valence-corrected chi connectivity index (χ0v) is 19.6. The fraction of sp³-hybridized carbons (Fsp3) is 0.360. The number of aromatic nitrogens is 5. The number of hydrogen-bond acceptors (Lipinski definition) is 5. The van der Waals surface area contributed by atoms with E-state index in [-0.39, 0.29) is 25.2 Å².